The molecule has 0 aromatic rings. The number of carbonyl (C=O) groups is 1. The summed E-state index contributed by atoms with van der Waals surface area (Å²) in [6.45, 7) is 6.26. The molecule has 2 saturated heterocycles. The van der Waals surface area contributed by atoms with E-state index < -0.39 is 0 Å². The first kappa shape index (κ1) is 12.8. The lowest BCUT2D eigenvalue weighted by Gasteiger charge is -2.35. The van der Waals surface area contributed by atoms with Crippen LogP contribution >= 0.6 is 0 Å². The zero-order valence-electron chi connectivity index (χ0n) is 10.8. The Balaban J connectivity index is 1.85. The van der Waals surface area contributed by atoms with E-state index in [1.54, 1.807) is 0 Å². The van der Waals surface area contributed by atoms with E-state index in [2.05, 4.69) is 12.2 Å². The van der Waals surface area contributed by atoms with Crippen LogP contribution in [-0.2, 0) is 9.53 Å². The lowest BCUT2D eigenvalue weighted by atomic mass is 9.93. The van der Waals surface area contributed by atoms with Crippen molar-refractivity contribution in [3.8, 4) is 0 Å². The molecule has 0 spiro atoms. The molecule has 17 heavy (non-hydrogen) atoms. The number of hydrogen-bond acceptors (Lipinski definition) is 3. The van der Waals surface area contributed by atoms with Gasteiger partial charge < -0.3 is 15.0 Å². The molecule has 2 atom stereocenters. The maximum absolute atomic E-state index is 12.3. The molecule has 1 amide bonds. The quantitative estimate of drug-likeness (QED) is 0.800. The number of morpholine rings is 1. The van der Waals surface area contributed by atoms with Crippen molar-refractivity contribution in [1.29, 1.82) is 0 Å². The molecule has 0 radical (unpaired) electrons. The topological polar surface area (TPSA) is 41.6 Å². The first-order valence-corrected chi connectivity index (χ1v) is 6.92. The van der Waals surface area contributed by atoms with E-state index in [0.717, 1.165) is 26.1 Å². The smallest absolute Gasteiger partial charge is 0.253 e. The van der Waals surface area contributed by atoms with Gasteiger partial charge in [0.1, 0.15) is 6.10 Å². The molecule has 0 aromatic carbocycles. The minimum Gasteiger partial charge on any atom is -0.366 e. The number of amides is 1. The van der Waals surface area contributed by atoms with Crippen molar-refractivity contribution in [3.63, 3.8) is 0 Å². The second-order valence-corrected chi connectivity index (χ2v) is 5.14. The third kappa shape index (κ3) is 3.42. The molecule has 2 aliphatic heterocycles. The lowest BCUT2D eigenvalue weighted by molar-refractivity contribution is -0.147. The molecule has 0 saturated carbocycles. The minimum absolute atomic E-state index is 0.193. The van der Waals surface area contributed by atoms with Crippen molar-refractivity contribution in [2.45, 2.75) is 38.7 Å². The highest BCUT2D eigenvalue weighted by atomic mass is 16.5. The van der Waals surface area contributed by atoms with Crippen LogP contribution in [0.3, 0.4) is 0 Å². The summed E-state index contributed by atoms with van der Waals surface area (Å²) in [6.07, 6.45) is 4.64. The molecule has 0 bridgehead atoms. The Morgan fingerprint density at radius 3 is 3.12 bits per heavy atom. The Hall–Kier alpha value is -0.610. The van der Waals surface area contributed by atoms with Crippen molar-refractivity contribution < 1.29 is 9.53 Å². The van der Waals surface area contributed by atoms with Gasteiger partial charge in [0.2, 0.25) is 0 Å². The number of nitrogens with zero attached hydrogens (tertiary/aromatic N) is 1. The molecule has 2 heterocycles. The number of likely N-dealkylation sites (tertiary alicyclic amines) is 1. The Kier molecular flexibility index (Phi) is 4.80. The molecule has 0 aliphatic carbocycles. The van der Waals surface area contributed by atoms with Crippen molar-refractivity contribution in [2.75, 3.05) is 32.8 Å². The standard InChI is InChI=1S/C13H24N2O2/c1-2-4-11-5-3-7-15(10-11)13(16)12-9-14-6-8-17-12/h11-12,14H,2-10H2,1H3. The summed E-state index contributed by atoms with van der Waals surface area (Å²) < 4.78 is 5.53. The van der Waals surface area contributed by atoms with Crippen molar-refractivity contribution in [1.82, 2.24) is 10.2 Å². The van der Waals surface area contributed by atoms with E-state index in [1.807, 2.05) is 4.90 Å². The molecule has 0 aromatic heterocycles. The van der Waals surface area contributed by atoms with Gasteiger partial charge in [-0.15, -0.1) is 0 Å². The number of nitrogens with one attached hydrogen (secondary N) is 1. The highest BCUT2D eigenvalue weighted by Crippen LogP contribution is 2.21. The molecule has 2 aliphatic rings. The van der Waals surface area contributed by atoms with E-state index in [-0.39, 0.29) is 12.0 Å². The van der Waals surface area contributed by atoms with Crippen LogP contribution in [-0.4, -0.2) is 49.7 Å². The molecule has 4 heteroatoms. The van der Waals surface area contributed by atoms with Crippen molar-refractivity contribution in [2.24, 2.45) is 5.92 Å². The Morgan fingerprint density at radius 2 is 2.41 bits per heavy atom. The molecular weight excluding hydrogens is 216 g/mol. The molecule has 2 rings (SSSR count). The first-order chi connectivity index (χ1) is 8.31. The summed E-state index contributed by atoms with van der Waals surface area (Å²) in [7, 11) is 0. The van der Waals surface area contributed by atoms with Crippen LogP contribution in [0.5, 0.6) is 0 Å². The van der Waals surface area contributed by atoms with Crippen molar-refractivity contribution >= 4 is 5.91 Å². The van der Waals surface area contributed by atoms with Gasteiger partial charge in [-0.3, -0.25) is 4.79 Å². The van der Waals surface area contributed by atoms with E-state index in [1.165, 1.54) is 19.3 Å². The molecule has 2 fully saturated rings. The Morgan fingerprint density at radius 1 is 1.53 bits per heavy atom. The molecule has 98 valence electrons. The van der Waals surface area contributed by atoms with Crippen LogP contribution < -0.4 is 5.32 Å². The van der Waals surface area contributed by atoms with Gasteiger partial charge in [0.15, 0.2) is 0 Å². The van der Waals surface area contributed by atoms with Gasteiger partial charge in [0.05, 0.1) is 6.61 Å². The predicted octanol–water partition coefficient (Wildman–Crippen LogP) is 1.01. The number of carbonyl (C=O) groups excluding carboxylic acids is 1. The monoisotopic (exact) mass is 240 g/mol. The highest BCUT2D eigenvalue weighted by Gasteiger charge is 2.30. The molecule has 4 nitrogen and oxygen atoms in total. The highest BCUT2D eigenvalue weighted by molar-refractivity contribution is 5.81. The van der Waals surface area contributed by atoms with E-state index >= 15 is 0 Å². The number of piperidine rings is 1. The number of hydrogen-bond donors (Lipinski definition) is 1. The maximum atomic E-state index is 12.3. The van der Waals surface area contributed by atoms with Crippen molar-refractivity contribution in [3.05, 3.63) is 0 Å². The third-order valence-corrected chi connectivity index (χ3v) is 3.73. The van der Waals surface area contributed by atoms with Crippen LogP contribution in [0.1, 0.15) is 32.6 Å². The second kappa shape index (κ2) is 6.36. The van der Waals surface area contributed by atoms with Crippen LogP contribution in [0.4, 0.5) is 0 Å². The summed E-state index contributed by atoms with van der Waals surface area (Å²) in [5, 5.41) is 3.22. The summed E-state index contributed by atoms with van der Waals surface area (Å²) >= 11 is 0. The van der Waals surface area contributed by atoms with E-state index in [4.69, 9.17) is 4.74 Å². The first-order valence-electron chi connectivity index (χ1n) is 6.92. The van der Waals surface area contributed by atoms with E-state index in [9.17, 15) is 4.79 Å². The maximum Gasteiger partial charge on any atom is 0.253 e. The van der Waals surface area contributed by atoms with Gasteiger partial charge in [0, 0.05) is 26.2 Å². The normalized spacial score (nSPS) is 30.3. The minimum atomic E-state index is -0.246. The SMILES string of the molecule is CCCC1CCCN(C(=O)C2CNCCO2)C1. The van der Waals surface area contributed by atoms with Gasteiger partial charge in [-0.2, -0.15) is 0 Å². The third-order valence-electron chi connectivity index (χ3n) is 3.73. The fraction of sp³-hybridized carbons (Fsp3) is 0.923. The number of rotatable bonds is 3. The summed E-state index contributed by atoms with van der Waals surface area (Å²) in [4.78, 5) is 14.3. The summed E-state index contributed by atoms with van der Waals surface area (Å²) in [5.74, 6) is 0.896. The second-order valence-electron chi connectivity index (χ2n) is 5.14. The number of ether oxygens (including phenoxy) is 1. The fourth-order valence-corrected chi connectivity index (χ4v) is 2.84. The van der Waals surface area contributed by atoms with Gasteiger partial charge in [-0.1, -0.05) is 13.3 Å². The zero-order chi connectivity index (χ0) is 12.1. The van der Waals surface area contributed by atoms with Gasteiger partial charge in [-0.25, -0.2) is 0 Å². The van der Waals surface area contributed by atoms with Gasteiger partial charge in [-0.05, 0) is 25.2 Å². The van der Waals surface area contributed by atoms with E-state index in [0.29, 0.717) is 19.1 Å². The van der Waals surface area contributed by atoms with Crippen LogP contribution in [0.2, 0.25) is 0 Å². The molecule has 1 N–H and O–H groups in total. The predicted molar refractivity (Wildman–Crippen MR) is 66.8 cm³/mol. The van der Waals surface area contributed by atoms with Crippen LogP contribution in [0.25, 0.3) is 0 Å². The molecule has 2 unspecified atom stereocenters. The Labute approximate surface area is 104 Å². The molecular formula is C13H24N2O2. The average Bonchev–Trinajstić information content (AvgIpc) is 2.40. The van der Waals surface area contributed by atoms with Gasteiger partial charge in [0.25, 0.3) is 5.91 Å². The lowest BCUT2D eigenvalue weighted by Crippen LogP contribution is -2.51. The Bertz CT molecular complexity index is 250. The zero-order valence-corrected chi connectivity index (χ0v) is 10.8. The van der Waals surface area contributed by atoms with Gasteiger partial charge >= 0.3 is 0 Å². The fourth-order valence-electron chi connectivity index (χ4n) is 2.84. The average molecular weight is 240 g/mol. The summed E-state index contributed by atoms with van der Waals surface area (Å²) in [6, 6.07) is 0. The van der Waals surface area contributed by atoms with Crippen LogP contribution in [0, 0.1) is 5.92 Å². The summed E-state index contributed by atoms with van der Waals surface area (Å²) in [5.41, 5.74) is 0. The van der Waals surface area contributed by atoms with Crippen LogP contribution in [0.15, 0.2) is 0 Å². The largest absolute Gasteiger partial charge is 0.366 e.